The van der Waals surface area contributed by atoms with Gasteiger partial charge in [-0.25, -0.2) is 4.98 Å². The van der Waals surface area contributed by atoms with E-state index in [0.717, 1.165) is 16.7 Å². The Balaban J connectivity index is 0.000000730. The Kier molecular flexibility index (Phi) is 7.84. The van der Waals surface area contributed by atoms with Gasteiger partial charge in [-0.2, -0.15) is 4.98 Å². The van der Waals surface area contributed by atoms with Crippen LogP contribution in [0.25, 0.3) is 11.0 Å². The average Bonchev–Trinajstić information content (AvgIpc) is 3.02. The summed E-state index contributed by atoms with van der Waals surface area (Å²) in [7, 11) is 0. The summed E-state index contributed by atoms with van der Waals surface area (Å²) >= 11 is 6.10. The summed E-state index contributed by atoms with van der Waals surface area (Å²) in [6.45, 7) is 14.9. The summed E-state index contributed by atoms with van der Waals surface area (Å²) in [6, 6.07) is 1.90. The highest BCUT2D eigenvalue weighted by Gasteiger charge is 2.11. The van der Waals surface area contributed by atoms with Crippen molar-refractivity contribution in [3.05, 3.63) is 46.0 Å². The Morgan fingerprint density at radius 3 is 2.32 bits per heavy atom. The average molecular weight is 362 g/mol. The Morgan fingerprint density at radius 1 is 1.04 bits per heavy atom. The predicted octanol–water partition coefficient (Wildman–Crippen LogP) is 5.09. The highest BCUT2D eigenvalue weighted by atomic mass is 35.5. The number of hydrogen-bond acceptors (Lipinski definition) is 4. The quantitative estimate of drug-likeness (QED) is 0.645. The number of nitrogens with zero attached hydrogens (tertiary/aromatic N) is 4. The van der Waals surface area contributed by atoms with Gasteiger partial charge in [0.25, 0.3) is 0 Å². The molecule has 0 aliphatic carbocycles. The fourth-order valence-corrected chi connectivity index (χ4v) is 2.61. The highest BCUT2D eigenvalue weighted by molar-refractivity contribution is 6.34. The molecular formula is C19H28ClN5. The van der Waals surface area contributed by atoms with E-state index in [1.165, 1.54) is 16.7 Å². The molecule has 25 heavy (non-hydrogen) atoms. The van der Waals surface area contributed by atoms with Crippen LogP contribution in [0, 0.1) is 20.8 Å². The normalized spacial score (nSPS) is 9.92. The van der Waals surface area contributed by atoms with Gasteiger partial charge in [-0.1, -0.05) is 39.3 Å². The number of anilines is 1. The smallest absolute Gasteiger partial charge is 0.223 e. The fraction of sp³-hybridized carbons (Fsp3) is 0.421. The van der Waals surface area contributed by atoms with Crippen LogP contribution >= 0.6 is 11.6 Å². The first-order chi connectivity index (χ1) is 12.0. The standard InChI is InChI=1S/C15H16ClN5.2C2H6/c1-8-6-18-12(10(3)9(8)2)7-21-5-4-11-13(16)19-15(17)20-14(11)21;2*1-2/h4-6H,7H2,1-3H3,(H2,17,19,20);2*1-2H3. The van der Waals surface area contributed by atoms with Gasteiger partial charge in [0.05, 0.1) is 17.6 Å². The summed E-state index contributed by atoms with van der Waals surface area (Å²) in [5.41, 5.74) is 11.1. The van der Waals surface area contributed by atoms with Gasteiger partial charge >= 0.3 is 0 Å². The van der Waals surface area contributed by atoms with E-state index >= 15 is 0 Å². The molecule has 0 aromatic carbocycles. The summed E-state index contributed by atoms with van der Waals surface area (Å²) in [5, 5.41) is 1.17. The number of pyridine rings is 1. The van der Waals surface area contributed by atoms with E-state index in [9.17, 15) is 0 Å². The molecule has 0 amide bonds. The zero-order valence-electron chi connectivity index (χ0n) is 16.2. The van der Waals surface area contributed by atoms with Crippen molar-refractivity contribution in [2.45, 2.75) is 55.0 Å². The molecule has 3 aromatic heterocycles. The SMILES string of the molecule is CC.CC.Cc1cnc(Cn2ccc3c(Cl)nc(N)nc32)c(C)c1C. The van der Waals surface area contributed by atoms with Crippen molar-refractivity contribution >= 4 is 28.6 Å². The van der Waals surface area contributed by atoms with Crippen LogP contribution in [0.2, 0.25) is 5.15 Å². The molecule has 0 unspecified atom stereocenters. The number of hydrogen-bond donors (Lipinski definition) is 1. The van der Waals surface area contributed by atoms with Gasteiger partial charge in [-0.3, -0.25) is 4.98 Å². The lowest BCUT2D eigenvalue weighted by atomic mass is 10.0. The second-order valence-corrected chi connectivity index (χ2v) is 5.55. The van der Waals surface area contributed by atoms with Gasteiger partial charge in [-0.15, -0.1) is 0 Å². The van der Waals surface area contributed by atoms with Crippen molar-refractivity contribution in [2.24, 2.45) is 0 Å². The second-order valence-electron chi connectivity index (χ2n) is 5.19. The molecule has 6 heteroatoms. The zero-order valence-corrected chi connectivity index (χ0v) is 16.9. The molecule has 0 fully saturated rings. The minimum Gasteiger partial charge on any atom is -0.368 e. The largest absolute Gasteiger partial charge is 0.368 e. The molecule has 136 valence electrons. The maximum absolute atomic E-state index is 6.10. The van der Waals surface area contributed by atoms with E-state index in [2.05, 4.69) is 35.7 Å². The Labute approximate surface area is 155 Å². The fourth-order valence-electron chi connectivity index (χ4n) is 2.37. The number of aromatic nitrogens is 4. The molecule has 0 spiro atoms. The minimum absolute atomic E-state index is 0.178. The van der Waals surface area contributed by atoms with E-state index in [-0.39, 0.29) is 5.95 Å². The van der Waals surface area contributed by atoms with Crippen LogP contribution in [-0.2, 0) is 6.54 Å². The lowest BCUT2D eigenvalue weighted by Gasteiger charge is -2.11. The molecule has 0 aliphatic rings. The number of aryl methyl sites for hydroxylation is 1. The Morgan fingerprint density at radius 2 is 1.68 bits per heavy atom. The van der Waals surface area contributed by atoms with Gasteiger partial charge in [0, 0.05) is 12.4 Å². The first kappa shape index (κ1) is 20.9. The molecule has 0 saturated heterocycles. The monoisotopic (exact) mass is 361 g/mol. The van der Waals surface area contributed by atoms with E-state index < -0.39 is 0 Å². The van der Waals surface area contributed by atoms with E-state index in [1.54, 1.807) is 0 Å². The number of nitrogen functional groups attached to an aromatic ring is 1. The summed E-state index contributed by atoms with van der Waals surface area (Å²) in [4.78, 5) is 12.8. The van der Waals surface area contributed by atoms with Gasteiger partial charge in [-0.05, 0) is 43.5 Å². The Bertz CT molecular complexity index is 839. The van der Waals surface area contributed by atoms with Gasteiger partial charge in [0.15, 0.2) is 0 Å². The molecule has 3 rings (SSSR count). The van der Waals surface area contributed by atoms with Crippen LogP contribution in [-0.4, -0.2) is 19.5 Å². The van der Waals surface area contributed by atoms with Crippen LogP contribution in [0.4, 0.5) is 5.95 Å². The number of halogens is 1. The summed E-state index contributed by atoms with van der Waals surface area (Å²) in [6.07, 6.45) is 3.83. The molecular weight excluding hydrogens is 334 g/mol. The summed E-state index contributed by atoms with van der Waals surface area (Å²) < 4.78 is 1.99. The minimum atomic E-state index is 0.178. The van der Waals surface area contributed by atoms with E-state index in [4.69, 9.17) is 17.3 Å². The van der Waals surface area contributed by atoms with Crippen molar-refractivity contribution in [1.29, 1.82) is 0 Å². The maximum Gasteiger partial charge on any atom is 0.223 e. The molecule has 0 aliphatic heterocycles. The molecule has 0 radical (unpaired) electrons. The molecule has 0 saturated carbocycles. The lowest BCUT2D eigenvalue weighted by Crippen LogP contribution is -2.06. The highest BCUT2D eigenvalue weighted by Crippen LogP contribution is 2.23. The molecule has 3 aromatic rings. The van der Waals surface area contributed by atoms with Gasteiger partial charge < -0.3 is 10.3 Å². The molecule has 0 bridgehead atoms. The van der Waals surface area contributed by atoms with E-state index in [1.807, 2.05) is 50.7 Å². The third-order valence-corrected chi connectivity index (χ3v) is 4.20. The van der Waals surface area contributed by atoms with E-state index in [0.29, 0.717) is 11.7 Å². The predicted molar refractivity (Wildman–Crippen MR) is 107 cm³/mol. The lowest BCUT2D eigenvalue weighted by molar-refractivity contribution is 0.786. The molecule has 3 heterocycles. The molecule has 0 atom stereocenters. The summed E-state index contributed by atoms with van der Waals surface area (Å²) in [5.74, 6) is 0.178. The maximum atomic E-state index is 6.10. The third-order valence-electron chi connectivity index (χ3n) is 3.91. The van der Waals surface area contributed by atoms with Crippen LogP contribution in [0.15, 0.2) is 18.5 Å². The number of nitrogens with two attached hydrogens (primary N) is 1. The first-order valence-corrected chi connectivity index (χ1v) is 9.04. The van der Waals surface area contributed by atoms with Crippen molar-refractivity contribution in [3.63, 3.8) is 0 Å². The van der Waals surface area contributed by atoms with Crippen molar-refractivity contribution in [2.75, 3.05) is 5.73 Å². The molecule has 2 N–H and O–H groups in total. The van der Waals surface area contributed by atoms with Crippen LogP contribution in [0.3, 0.4) is 0 Å². The van der Waals surface area contributed by atoms with Crippen LogP contribution in [0.1, 0.15) is 50.1 Å². The molecule has 5 nitrogen and oxygen atoms in total. The first-order valence-electron chi connectivity index (χ1n) is 8.67. The van der Waals surface area contributed by atoms with Crippen LogP contribution in [0.5, 0.6) is 0 Å². The van der Waals surface area contributed by atoms with Gasteiger partial charge in [0.2, 0.25) is 5.95 Å². The van der Waals surface area contributed by atoms with Crippen molar-refractivity contribution in [1.82, 2.24) is 19.5 Å². The van der Waals surface area contributed by atoms with Crippen LogP contribution < -0.4 is 5.73 Å². The van der Waals surface area contributed by atoms with Crippen molar-refractivity contribution in [3.8, 4) is 0 Å². The number of rotatable bonds is 2. The topological polar surface area (TPSA) is 69.6 Å². The van der Waals surface area contributed by atoms with Gasteiger partial charge in [0.1, 0.15) is 10.8 Å². The third kappa shape index (κ3) is 4.48. The number of fused-ring (bicyclic) bond motifs is 1. The second kappa shape index (κ2) is 9.37. The Hall–Kier alpha value is -2.14. The zero-order chi connectivity index (χ0) is 19.1. The van der Waals surface area contributed by atoms with Crippen molar-refractivity contribution < 1.29 is 0 Å².